The summed E-state index contributed by atoms with van der Waals surface area (Å²) >= 11 is 0. The molecule has 3 rings (SSSR count). The smallest absolute Gasteiger partial charge is 0.326 e. The molecule has 1 aromatic heterocycles. The van der Waals surface area contributed by atoms with Crippen LogP contribution < -0.4 is 0 Å². The molecule has 1 unspecified atom stereocenters. The van der Waals surface area contributed by atoms with Crippen LogP contribution in [0.25, 0.3) is 0 Å². The second kappa shape index (κ2) is 7.09. The van der Waals surface area contributed by atoms with Gasteiger partial charge in [-0.15, -0.1) is 0 Å². The highest BCUT2D eigenvalue weighted by Crippen LogP contribution is 2.27. The van der Waals surface area contributed by atoms with Crippen LogP contribution in [-0.2, 0) is 17.8 Å². The molecule has 1 aliphatic heterocycles. The first-order valence-corrected chi connectivity index (χ1v) is 8.62. The maximum atomic E-state index is 12.9. The zero-order valence-electron chi connectivity index (χ0n) is 14.4. The SMILES string of the molecule is CCC(CC)c1cc(C(=O)N2Cc3ccccc3CC2C(=O)O)on1. The summed E-state index contributed by atoms with van der Waals surface area (Å²) in [5, 5.41) is 13.6. The number of benzene rings is 1. The number of carboxylic acid groups (broad SMARTS) is 1. The molecule has 0 radical (unpaired) electrons. The van der Waals surface area contributed by atoms with E-state index in [4.69, 9.17) is 4.52 Å². The summed E-state index contributed by atoms with van der Waals surface area (Å²) in [6.45, 7) is 4.38. The summed E-state index contributed by atoms with van der Waals surface area (Å²) in [4.78, 5) is 25.9. The summed E-state index contributed by atoms with van der Waals surface area (Å²) < 4.78 is 5.25. The van der Waals surface area contributed by atoms with Crippen LogP contribution in [0.15, 0.2) is 34.9 Å². The van der Waals surface area contributed by atoms with E-state index in [0.29, 0.717) is 6.42 Å². The molecule has 132 valence electrons. The second-order valence-electron chi connectivity index (χ2n) is 6.39. The van der Waals surface area contributed by atoms with Crippen molar-refractivity contribution in [2.45, 2.75) is 51.6 Å². The van der Waals surface area contributed by atoms with Crippen LogP contribution in [0, 0.1) is 0 Å². The number of carbonyl (C=O) groups is 2. The molecule has 1 atom stereocenters. The zero-order chi connectivity index (χ0) is 18.0. The lowest BCUT2D eigenvalue weighted by atomic mass is 9.93. The van der Waals surface area contributed by atoms with E-state index in [1.807, 2.05) is 24.3 Å². The molecule has 0 fully saturated rings. The van der Waals surface area contributed by atoms with Gasteiger partial charge >= 0.3 is 5.97 Å². The third-order valence-electron chi connectivity index (χ3n) is 4.94. The van der Waals surface area contributed by atoms with E-state index < -0.39 is 17.9 Å². The van der Waals surface area contributed by atoms with Gasteiger partial charge in [0, 0.05) is 24.9 Å². The maximum absolute atomic E-state index is 12.9. The topological polar surface area (TPSA) is 83.6 Å². The van der Waals surface area contributed by atoms with E-state index in [-0.39, 0.29) is 18.2 Å². The van der Waals surface area contributed by atoms with Crippen molar-refractivity contribution in [2.24, 2.45) is 0 Å². The predicted octanol–water partition coefficient (Wildman–Crippen LogP) is 3.23. The van der Waals surface area contributed by atoms with Gasteiger partial charge in [0.1, 0.15) is 6.04 Å². The Bertz CT molecular complexity index is 779. The minimum Gasteiger partial charge on any atom is -0.480 e. The molecule has 25 heavy (non-hydrogen) atoms. The van der Waals surface area contributed by atoms with Gasteiger partial charge in [0.15, 0.2) is 0 Å². The average molecular weight is 342 g/mol. The van der Waals surface area contributed by atoms with Gasteiger partial charge in [0.05, 0.1) is 5.69 Å². The molecule has 0 aliphatic carbocycles. The van der Waals surface area contributed by atoms with Crippen LogP contribution in [-0.4, -0.2) is 33.1 Å². The normalized spacial score (nSPS) is 16.8. The number of hydrogen-bond acceptors (Lipinski definition) is 4. The molecule has 2 aromatic rings. The van der Waals surface area contributed by atoms with E-state index >= 15 is 0 Å². The quantitative estimate of drug-likeness (QED) is 0.902. The maximum Gasteiger partial charge on any atom is 0.326 e. The van der Waals surface area contributed by atoms with Gasteiger partial charge in [0.25, 0.3) is 5.91 Å². The predicted molar refractivity (Wildman–Crippen MR) is 91.3 cm³/mol. The second-order valence-corrected chi connectivity index (χ2v) is 6.39. The van der Waals surface area contributed by atoms with Crippen molar-refractivity contribution in [2.75, 3.05) is 0 Å². The number of aliphatic carboxylic acids is 1. The molecule has 1 aliphatic rings. The first-order valence-electron chi connectivity index (χ1n) is 8.62. The van der Waals surface area contributed by atoms with Gasteiger partial charge in [-0.05, 0) is 24.0 Å². The summed E-state index contributed by atoms with van der Waals surface area (Å²) in [7, 11) is 0. The van der Waals surface area contributed by atoms with Gasteiger partial charge in [-0.25, -0.2) is 4.79 Å². The molecule has 6 heteroatoms. The molecular formula is C19H22N2O4. The van der Waals surface area contributed by atoms with E-state index in [2.05, 4.69) is 19.0 Å². The third kappa shape index (κ3) is 3.29. The molecule has 6 nitrogen and oxygen atoms in total. The van der Waals surface area contributed by atoms with Crippen molar-refractivity contribution < 1.29 is 19.2 Å². The van der Waals surface area contributed by atoms with E-state index in [1.54, 1.807) is 6.07 Å². The van der Waals surface area contributed by atoms with Crippen molar-refractivity contribution in [3.8, 4) is 0 Å². The zero-order valence-corrected chi connectivity index (χ0v) is 14.4. The molecule has 0 spiro atoms. The van der Waals surface area contributed by atoms with Crippen molar-refractivity contribution in [1.29, 1.82) is 0 Å². The molecule has 0 bridgehead atoms. The van der Waals surface area contributed by atoms with Crippen LogP contribution in [0.1, 0.15) is 60.0 Å². The number of carboxylic acids is 1. The molecule has 1 aromatic carbocycles. The minimum atomic E-state index is -1.01. The number of rotatable bonds is 5. The van der Waals surface area contributed by atoms with Gasteiger partial charge < -0.3 is 14.5 Å². The Balaban J connectivity index is 1.88. The molecule has 1 amide bonds. The van der Waals surface area contributed by atoms with Gasteiger partial charge in [-0.3, -0.25) is 4.79 Å². The van der Waals surface area contributed by atoms with Crippen molar-refractivity contribution in [3.63, 3.8) is 0 Å². The van der Waals surface area contributed by atoms with E-state index in [0.717, 1.165) is 29.7 Å². The molecule has 0 saturated heterocycles. The van der Waals surface area contributed by atoms with Crippen LogP contribution >= 0.6 is 0 Å². The van der Waals surface area contributed by atoms with E-state index in [9.17, 15) is 14.7 Å². The molecule has 1 N–H and O–H groups in total. The highest BCUT2D eigenvalue weighted by atomic mass is 16.5. The largest absolute Gasteiger partial charge is 0.480 e. The molecule has 2 heterocycles. The number of aromatic nitrogens is 1. The Morgan fingerprint density at radius 3 is 2.60 bits per heavy atom. The summed E-state index contributed by atoms with van der Waals surface area (Å²) in [5.74, 6) is -1.09. The van der Waals surface area contributed by atoms with Gasteiger partial charge in [0.2, 0.25) is 5.76 Å². The summed E-state index contributed by atoms with van der Waals surface area (Å²) in [5.41, 5.74) is 2.68. The fraction of sp³-hybridized carbons (Fsp3) is 0.421. The molecular weight excluding hydrogens is 320 g/mol. The van der Waals surface area contributed by atoms with Crippen LogP contribution in [0.4, 0.5) is 0 Å². The van der Waals surface area contributed by atoms with Gasteiger partial charge in [-0.1, -0.05) is 43.3 Å². The first kappa shape index (κ1) is 17.2. The number of fused-ring (bicyclic) bond motifs is 1. The Morgan fingerprint density at radius 1 is 1.28 bits per heavy atom. The summed E-state index contributed by atoms with van der Waals surface area (Å²) in [6, 6.07) is 8.36. The number of nitrogens with zero attached hydrogens (tertiary/aromatic N) is 2. The van der Waals surface area contributed by atoms with E-state index in [1.165, 1.54) is 4.90 Å². The summed E-state index contributed by atoms with van der Waals surface area (Å²) in [6.07, 6.45) is 2.11. The lowest BCUT2D eigenvalue weighted by molar-refractivity contribution is -0.142. The molecule has 0 saturated carbocycles. The Hall–Kier alpha value is -2.63. The lowest BCUT2D eigenvalue weighted by Gasteiger charge is -2.33. The Kier molecular flexibility index (Phi) is 4.88. The number of carbonyl (C=O) groups excluding carboxylic acids is 1. The minimum absolute atomic E-state index is 0.104. The average Bonchev–Trinajstić information content (AvgIpc) is 3.11. The fourth-order valence-corrected chi connectivity index (χ4v) is 3.39. The number of hydrogen-bond donors (Lipinski definition) is 1. The van der Waals surface area contributed by atoms with Gasteiger partial charge in [-0.2, -0.15) is 0 Å². The van der Waals surface area contributed by atoms with Crippen molar-refractivity contribution in [3.05, 3.63) is 52.9 Å². The standard InChI is InChI=1S/C19H22N2O4/c1-3-12(4-2)15-10-17(25-20-15)18(22)21-11-14-8-6-5-7-13(14)9-16(21)19(23)24/h5-8,10,12,16H,3-4,9,11H2,1-2H3,(H,23,24). The Morgan fingerprint density at radius 2 is 1.96 bits per heavy atom. The Labute approximate surface area is 146 Å². The number of amides is 1. The highest BCUT2D eigenvalue weighted by molar-refractivity contribution is 5.94. The van der Waals surface area contributed by atoms with Crippen molar-refractivity contribution in [1.82, 2.24) is 10.1 Å². The third-order valence-corrected chi connectivity index (χ3v) is 4.94. The van der Waals surface area contributed by atoms with Crippen LogP contribution in [0.3, 0.4) is 0 Å². The van der Waals surface area contributed by atoms with Crippen LogP contribution in [0.2, 0.25) is 0 Å². The van der Waals surface area contributed by atoms with Crippen molar-refractivity contribution >= 4 is 11.9 Å². The first-order chi connectivity index (χ1) is 12.0. The van der Waals surface area contributed by atoms with Crippen LogP contribution in [0.5, 0.6) is 0 Å². The monoisotopic (exact) mass is 342 g/mol. The fourth-order valence-electron chi connectivity index (χ4n) is 3.39. The highest BCUT2D eigenvalue weighted by Gasteiger charge is 2.36. The lowest BCUT2D eigenvalue weighted by Crippen LogP contribution is -2.48.